The molecule has 0 radical (unpaired) electrons. The average molecular weight is 179 g/mol. The smallest absolute Gasteiger partial charge is 0.266 e. The summed E-state index contributed by atoms with van der Waals surface area (Å²) < 4.78 is 0. The summed E-state index contributed by atoms with van der Waals surface area (Å²) in [6.45, 7) is 0.944. The van der Waals surface area contributed by atoms with Gasteiger partial charge in [-0.3, -0.25) is 4.79 Å². The van der Waals surface area contributed by atoms with Crippen LogP contribution in [0.2, 0.25) is 0 Å². The minimum absolute atomic E-state index is 0.174. The highest BCUT2D eigenvalue weighted by Crippen LogP contribution is 1.93. The van der Waals surface area contributed by atoms with Gasteiger partial charge in [0.15, 0.2) is 0 Å². The van der Waals surface area contributed by atoms with Gasteiger partial charge in [-0.15, -0.1) is 0 Å². The van der Waals surface area contributed by atoms with E-state index in [0.29, 0.717) is 0 Å². The van der Waals surface area contributed by atoms with Crippen LogP contribution in [0, 0.1) is 0 Å². The van der Waals surface area contributed by atoms with Crippen molar-refractivity contribution in [1.82, 2.24) is 15.3 Å². The molecule has 0 aromatic carbocycles. The zero-order valence-electron chi connectivity index (χ0n) is 7.58. The Hall–Kier alpha value is -1.42. The maximum absolute atomic E-state index is 10.6. The van der Waals surface area contributed by atoms with Crippen molar-refractivity contribution >= 4 is 6.08 Å². The van der Waals surface area contributed by atoms with Crippen LogP contribution in [-0.2, 0) is 0 Å². The lowest BCUT2D eigenvalue weighted by Crippen LogP contribution is -2.06. The fourth-order valence-corrected chi connectivity index (χ4v) is 0.876. The van der Waals surface area contributed by atoms with E-state index in [1.165, 1.54) is 6.20 Å². The van der Waals surface area contributed by atoms with Gasteiger partial charge in [0.1, 0.15) is 0 Å². The average Bonchev–Trinajstić information content (AvgIpc) is 2.15. The van der Waals surface area contributed by atoms with Gasteiger partial charge in [-0.1, -0.05) is 6.08 Å². The SMILES string of the molecule is CNCCC=Cc1c[nH]c(=O)cn1. The summed E-state index contributed by atoms with van der Waals surface area (Å²) in [4.78, 5) is 17.1. The number of aromatic nitrogens is 2. The Kier molecular flexibility index (Phi) is 3.92. The standard InChI is InChI=1S/C9H13N3O/c1-10-5-3-2-4-8-6-12-9(13)7-11-8/h2,4,6-7,10H,3,5H2,1H3,(H,12,13). The molecule has 0 fully saturated rings. The van der Waals surface area contributed by atoms with Crippen LogP contribution in [0.4, 0.5) is 0 Å². The Morgan fingerprint density at radius 2 is 2.54 bits per heavy atom. The maximum Gasteiger partial charge on any atom is 0.266 e. The molecule has 0 amide bonds. The van der Waals surface area contributed by atoms with E-state index >= 15 is 0 Å². The van der Waals surface area contributed by atoms with Gasteiger partial charge < -0.3 is 10.3 Å². The lowest BCUT2D eigenvalue weighted by atomic mass is 10.3. The van der Waals surface area contributed by atoms with Gasteiger partial charge in [0.05, 0.1) is 11.9 Å². The van der Waals surface area contributed by atoms with E-state index in [-0.39, 0.29) is 5.56 Å². The highest BCUT2D eigenvalue weighted by atomic mass is 16.1. The third-order valence-corrected chi connectivity index (χ3v) is 1.54. The van der Waals surface area contributed by atoms with Crippen LogP contribution in [0.1, 0.15) is 12.1 Å². The first-order chi connectivity index (χ1) is 6.33. The van der Waals surface area contributed by atoms with Gasteiger partial charge in [0, 0.05) is 6.20 Å². The molecule has 4 heteroatoms. The van der Waals surface area contributed by atoms with Crippen molar-refractivity contribution in [3.05, 3.63) is 34.5 Å². The minimum atomic E-state index is -0.174. The van der Waals surface area contributed by atoms with Crippen LogP contribution in [0.15, 0.2) is 23.3 Å². The fraction of sp³-hybridized carbons (Fsp3) is 0.333. The monoisotopic (exact) mass is 179 g/mol. The second-order valence-corrected chi connectivity index (χ2v) is 2.63. The van der Waals surface area contributed by atoms with Crippen molar-refractivity contribution < 1.29 is 0 Å². The second kappa shape index (κ2) is 5.27. The molecule has 1 heterocycles. The summed E-state index contributed by atoms with van der Waals surface area (Å²) in [5, 5.41) is 3.03. The minimum Gasteiger partial charge on any atom is -0.326 e. The summed E-state index contributed by atoms with van der Waals surface area (Å²) in [5.41, 5.74) is 0.600. The third-order valence-electron chi connectivity index (χ3n) is 1.54. The second-order valence-electron chi connectivity index (χ2n) is 2.63. The summed E-state index contributed by atoms with van der Waals surface area (Å²) in [6, 6.07) is 0. The zero-order chi connectivity index (χ0) is 9.52. The van der Waals surface area contributed by atoms with E-state index in [4.69, 9.17) is 0 Å². The molecule has 2 N–H and O–H groups in total. The van der Waals surface area contributed by atoms with Crippen LogP contribution in [-0.4, -0.2) is 23.6 Å². The Labute approximate surface area is 76.7 Å². The molecule has 0 unspecified atom stereocenters. The normalized spacial score (nSPS) is 10.8. The van der Waals surface area contributed by atoms with Crippen molar-refractivity contribution in [3.63, 3.8) is 0 Å². The molecule has 1 aromatic rings. The highest BCUT2D eigenvalue weighted by molar-refractivity contribution is 5.42. The highest BCUT2D eigenvalue weighted by Gasteiger charge is 1.86. The molecular formula is C9H13N3O. The first-order valence-corrected chi connectivity index (χ1v) is 4.19. The van der Waals surface area contributed by atoms with Gasteiger partial charge in [-0.2, -0.15) is 0 Å². The van der Waals surface area contributed by atoms with Gasteiger partial charge in [-0.05, 0) is 26.1 Å². The molecule has 1 aromatic heterocycles. The summed E-state index contributed by atoms with van der Waals surface area (Å²) >= 11 is 0. The van der Waals surface area contributed by atoms with Gasteiger partial charge >= 0.3 is 0 Å². The van der Waals surface area contributed by atoms with Gasteiger partial charge in [0.25, 0.3) is 5.56 Å². The zero-order valence-corrected chi connectivity index (χ0v) is 7.58. The first-order valence-electron chi connectivity index (χ1n) is 4.19. The molecule has 0 saturated heterocycles. The molecular weight excluding hydrogens is 166 g/mol. The van der Waals surface area contributed by atoms with E-state index in [2.05, 4.69) is 15.3 Å². The Morgan fingerprint density at radius 1 is 1.69 bits per heavy atom. The number of hydrogen-bond donors (Lipinski definition) is 2. The number of nitrogens with one attached hydrogen (secondary N) is 2. The molecule has 0 spiro atoms. The number of hydrogen-bond acceptors (Lipinski definition) is 3. The lowest BCUT2D eigenvalue weighted by molar-refractivity contribution is 0.809. The summed E-state index contributed by atoms with van der Waals surface area (Å²) in [6.07, 6.45) is 7.72. The topological polar surface area (TPSA) is 57.8 Å². The third kappa shape index (κ3) is 3.66. The maximum atomic E-state index is 10.6. The molecule has 0 aliphatic rings. The predicted molar refractivity (Wildman–Crippen MR) is 52.4 cm³/mol. The van der Waals surface area contributed by atoms with Crippen LogP contribution >= 0.6 is 0 Å². The number of rotatable bonds is 4. The van der Waals surface area contributed by atoms with E-state index in [1.807, 2.05) is 19.2 Å². The molecule has 0 atom stereocenters. The van der Waals surface area contributed by atoms with E-state index in [1.54, 1.807) is 6.20 Å². The number of nitrogens with zero attached hydrogens (tertiary/aromatic N) is 1. The molecule has 0 aliphatic carbocycles. The first kappa shape index (κ1) is 9.67. The fourth-order valence-electron chi connectivity index (χ4n) is 0.876. The Bertz CT molecular complexity index is 309. The van der Waals surface area contributed by atoms with Crippen molar-refractivity contribution in [2.75, 3.05) is 13.6 Å². The number of aromatic amines is 1. The summed E-state index contributed by atoms with van der Waals surface area (Å²) in [5.74, 6) is 0. The van der Waals surface area contributed by atoms with Gasteiger partial charge in [-0.25, -0.2) is 4.98 Å². The van der Waals surface area contributed by atoms with Crippen molar-refractivity contribution in [2.45, 2.75) is 6.42 Å². The molecule has 70 valence electrons. The molecule has 13 heavy (non-hydrogen) atoms. The van der Waals surface area contributed by atoms with Gasteiger partial charge in [0.2, 0.25) is 0 Å². The van der Waals surface area contributed by atoms with Crippen molar-refractivity contribution in [1.29, 1.82) is 0 Å². The largest absolute Gasteiger partial charge is 0.326 e. The van der Waals surface area contributed by atoms with Crippen LogP contribution in [0.3, 0.4) is 0 Å². The van der Waals surface area contributed by atoms with Crippen molar-refractivity contribution in [2.24, 2.45) is 0 Å². The molecule has 0 saturated carbocycles. The molecule has 0 aliphatic heterocycles. The van der Waals surface area contributed by atoms with E-state index in [0.717, 1.165) is 18.7 Å². The summed E-state index contributed by atoms with van der Waals surface area (Å²) in [7, 11) is 1.91. The molecule has 1 rings (SSSR count). The van der Waals surface area contributed by atoms with Crippen molar-refractivity contribution in [3.8, 4) is 0 Å². The Morgan fingerprint density at radius 3 is 3.15 bits per heavy atom. The van der Waals surface area contributed by atoms with E-state index < -0.39 is 0 Å². The van der Waals surface area contributed by atoms with Crippen LogP contribution < -0.4 is 10.9 Å². The van der Waals surface area contributed by atoms with Crippen LogP contribution in [0.5, 0.6) is 0 Å². The molecule has 4 nitrogen and oxygen atoms in total. The molecule has 0 bridgehead atoms. The predicted octanol–water partition coefficient (Wildman–Crippen LogP) is 0.393. The van der Waals surface area contributed by atoms with E-state index in [9.17, 15) is 4.79 Å². The lowest BCUT2D eigenvalue weighted by Gasteiger charge is -1.92. The quantitative estimate of drug-likeness (QED) is 0.657. The Balaban J connectivity index is 2.49. The number of H-pyrrole nitrogens is 1. The van der Waals surface area contributed by atoms with Crippen LogP contribution in [0.25, 0.3) is 6.08 Å².